The molecule has 1 aliphatic heterocycles. The van der Waals surface area contributed by atoms with Crippen molar-refractivity contribution in [2.24, 2.45) is 11.7 Å². The van der Waals surface area contributed by atoms with Crippen LogP contribution in [0.4, 0.5) is 0 Å². The first kappa shape index (κ1) is 15.7. The predicted molar refractivity (Wildman–Crippen MR) is 77.4 cm³/mol. The monoisotopic (exact) mass is 284 g/mol. The summed E-state index contributed by atoms with van der Waals surface area (Å²) in [6.45, 7) is 3.01. The van der Waals surface area contributed by atoms with E-state index in [1.807, 2.05) is 0 Å². The highest BCUT2D eigenvalue weighted by atomic mass is 16.5. The highest BCUT2D eigenvalue weighted by molar-refractivity contribution is 5.80. The first-order valence-corrected chi connectivity index (χ1v) is 7.69. The molecule has 2 rings (SSSR count). The third kappa shape index (κ3) is 3.51. The number of methoxy groups -OCH3 is 2. The highest BCUT2D eigenvalue weighted by Gasteiger charge is 2.42. The zero-order valence-electron chi connectivity index (χ0n) is 12.8. The van der Waals surface area contributed by atoms with E-state index < -0.39 is 5.54 Å². The van der Waals surface area contributed by atoms with E-state index in [2.05, 4.69) is 4.90 Å². The van der Waals surface area contributed by atoms with Gasteiger partial charge in [-0.2, -0.15) is 0 Å². The number of nitrogens with two attached hydrogens (primary N) is 1. The topological polar surface area (TPSA) is 64.8 Å². The molecule has 0 radical (unpaired) electrons. The second-order valence-corrected chi connectivity index (χ2v) is 6.36. The van der Waals surface area contributed by atoms with Crippen molar-refractivity contribution in [3.05, 3.63) is 0 Å². The molecule has 2 fully saturated rings. The Morgan fingerprint density at radius 2 is 2.15 bits per heavy atom. The molecule has 2 aliphatic rings. The standard InChI is InChI=1S/C15H28N2O3/c1-19-11-12-5-4-8-17(10-12)13-6-3-7-15(16,9-13)14(18)20-2/h12-13H,3-11,16H2,1-2H3. The summed E-state index contributed by atoms with van der Waals surface area (Å²) in [6, 6.07) is 0.410. The van der Waals surface area contributed by atoms with Gasteiger partial charge in [0, 0.05) is 19.7 Å². The second kappa shape index (κ2) is 6.87. The van der Waals surface area contributed by atoms with Crippen LogP contribution in [-0.4, -0.2) is 56.4 Å². The van der Waals surface area contributed by atoms with Gasteiger partial charge in [-0.1, -0.05) is 0 Å². The van der Waals surface area contributed by atoms with Crippen molar-refractivity contribution >= 4 is 5.97 Å². The number of likely N-dealkylation sites (tertiary alicyclic amines) is 1. The van der Waals surface area contributed by atoms with Gasteiger partial charge in [0.25, 0.3) is 0 Å². The zero-order chi connectivity index (χ0) is 14.6. The third-order valence-corrected chi connectivity index (χ3v) is 4.82. The maximum atomic E-state index is 11.9. The van der Waals surface area contributed by atoms with Gasteiger partial charge in [-0.15, -0.1) is 0 Å². The van der Waals surface area contributed by atoms with Crippen LogP contribution in [0.2, 0.25) is 0 Å². The summed E-state index contributed by atoms with van der Waals surface area (Å²) in [5.41, 5.74) is 5.49. The molecule has 3 unspecified atom stereocenters. The van der Waals surface area contributed by atoms with Crippen LogP contribution in [0.5, 0.6) is 0 Å². The number of carbonyl (C=O) groups is 1. The Morgan fingerprint density at radius 1 is 1.35 bits per heavy atom. The number of rotatable bonds is 4. The Labute approximate surface area is 121 Å². The minimum absolute atomic E-state index is 0.257. The molecule has 0 bridgehead atoms. The van der Waals surface area contributed by atoms with Crippen molar-refractivity contribution in [3.63, 3.8) is 0 Å². The molecule has 1 saturated heterocycles. The molecule has 5 nitrogen and oxygen atoms in total. The van der Waals surface area contributed by atoms with Crippen molar-refractivity contribution in [1.82, 2.24) is 4.90 Å². The van der Waals surface area contributed by atoms with Gasteiger partial charge < -0.3 is 15.2 Å². The lowest BCUT2D eigenvalue weighted by atomic mass is 9.78. The molecule has 0 aromatic carbocycles. The maximum Gasteiger partial charge on any atom is 0.325 e. The Balaban J connectivity index is 1.96. The molecule has 1 aliphatic carbocycles. The van der Waals surface area contributed by atoms with Crippen molar-refractivity contribution in [3.8, 4) is 0 Å². The van der Waals surface area contributed by atoms with Crippen LogP contribution in [0, 0.1) is 5.92 Å². The zero-order valence-corrected chi connectivity index (χ0v) is 12.8. The van der Waals surface area contributed by atoms with Crippen LogP contribution in [0.3, 0.4) is 0 Å². The van der Waals surface area contributed by atoms with Crippen LogP contribution < -0.4 is 5.73 Å². The lowest BCUT2D eigenvalue weighted by molar-refractivity contribution is -0.149. The number of piperidine rings is 1. The summed E-state index contributed by atoms with van der Waals surface area (Å²) < 4.78 is 10.2. The SMILES string of the molecule is COCC1CCCN(C2CCCC(N)(C(=O)OC)C2)C1. The lowest BCUT2D eigenvalue weighted by Gasteiger charge is -2.44. The summed E-state index contributed by atoms with van der Waals surface area (Å²) in [6.07, 6.45) is 6.05. The van der Waals surface area contributed by atoms with Crippen molar-refractivity contribution in [2.75, 3.05) is 33.9 Å². The average molecular weight is 284 g/mol. The van der Waals surface area contributed by atoms with E-state index in [4.69, 9.17) is 15.2 Å². The molecule has 0 aromatic rings. The van der Waals surface area contributed by atoms with Crippen LogP contribution in [0.1, 0.15) is 38.5 Å². The van der Waals surface area contributed by atoms with Gasteiger partial charge in [0.15, 0.2) is 0 Å². The van der Waals surface area contributed by atoms with Gasteiger partial charge in [0.2, 0.25) is 0 Å². The van der Waals surface area contributed by atoms with Crippen molar-refractivity contribution < 1.29 is 14.3 Å². The van der Waals surface area contributed by atoms with E-state index in [9.17, 15) is 4.79 Å². The Bertz CT molecular complexity index is 335. The van der Waals surface area contributed by atoms with E-state index in [0.29, 0.717) is 12.0 Å². The minimum Gasteiger partial charge on any atom is -0.468 e. The maximum absolute atomic E-state index is 11.9. The van der Waals surface area contributed by atoms with Crippen molar-refractivity contribution in [1.29, 1.82) is 0 Å². The first-order valence-electron chi connectivity index (χ1n) is 7.69. The fraction of sp³-hybridized carbons (Fsp3) is 0.933. The predicted octanol–water partition coefficient (Wildman–Crippen LogP) is 1.16. The fourth-order valence-electron chi connectivity index (χ4n) is 3.78. The molecule has 20 heavy (non-hydrogen) atoms. The Hall–Kier alpha value is -0.650. The van der Waals surface area contributed by atoms with Crippen LogP contribution in [0.15, 0.2) is 0 Å². The van der Waals surface area contributed by atoms with Gasteiger partial charge in [-0.05, 0) is 51.0 Å². The molecule has 5 heteroatoms. The van der Waals surface area contributed by atoms with Crippen molar-refractivity contribution in [2.45, 2.75) is 50.1 Å². The molecule has 1 saturated carbocycles. The molecule has 2 N–H and O–H groups in total. The summed E-state index contributed by atoms with van der Waals surface area (Å²) in [5, 5.41) is 0. The average Bonchev–Trinajstić information content (AvgIpc) is 2.47. The fourth-order valence-corrected chi connectivity index (χ4v) is 3.78. The Kier molecular flexibility index (Phi) is 5.41. The summed E-state index contributed by atoms with van der Waals surface area (Å²) in [5.74, 6) is 0.355. The largest absolute Gasteiger partial charge is 0.468 e. The quantitative estimate of drug-likeness (QED) is 0.785. The number of carbonyl (C=O) groups excluding carboxylic acids is 1. The number of nitrogens with zero attached hydrogens (tertiary/aromatic N) is 1. The van der Waals surface area contributed by atoms with Crippen LogP contribution >= 0.6 is 0 Å². The molecule has 1 heterocycles. The first-order chi connectivity index (χ1) is 9.59. The number of hydrogen-bond acceptors (Lipinski definition) is 5. The van der Waals surface area contributed by atoms with Gasteiger partial charge in [-0.25, -0.2) is 0 Å². The number of hydrogen-bond donors (Lipinski definition) is 1. The smallest absolute Gasteiger partial charge is 0.325 e. The van der Waals surface area contributed by atoms with E-state index in [-0.39, 0.29) is 5.97 Å². The Morgan fingerprint density at radius 3 is 2.85 bits per heavy atom. The summed E-state index contributed by atoms with van der Waals surface area (Å²) >= 11 is 0. The molecular formula is C15H28N2O3. The van der Waals surface area contributed by atoms with E-state index in [1.165, 1.54) is 20.0 Å². The molecule has 116 valence electrons. The van der Waals surface area contributed by atoms with Crippen LogP contribution in [-0.2, 0) is 14.3 Å². The van der Waals surface area contributed by atoms with Gasteiger partial charge >= 0.3 is 5.97 Å². The van der Waals surface area contributed by atoms with Crippen LogP contribution in [0.25, 0.3) is 0 Å². The number of esters is 1. The number of ether oxygens (including phenoxy) is 2. The summed E-state index contributed by atoms with van der Waals surface area (Å²) in [4.78, 5) is 14.4. The second-order valence-electron chi connectivity index (χ2n) is 6.36. The van der Waals surface area contributed by atoms with E-state index in [0.717, 1.165) is 45.4 Å². The van der Waals surface area contributed by atoms with Gasteiger partial charge in [-0.3, -0.25) is 9.69 Å². The van der Waals surface area contributed by atoms with E-state index >= 15 is 0 Å². The molecule has 0 amide bonds. The minimum atomic E-state index is -0.786. The highest BCUT2D eigenvalue weighted by Crippen LogP contribution is 2.32. The molecule has 0 aromatic heterocycles. The third-order valence-electron chi connectivity index (χ3n) is 4.82. The van der Waals surface area contributed by atoms with Gasteiger partial charge in [0.1, 0.15) is 5.54 Å². The lowest BCUT2D eigenvalue weighted by Crippen LogP contribution is -2.57. The normalized spacial score (nSPS) is 35.8. The molecule has 3 atom stereocenters. The van der Waals surface area contributed by atoms with E-state index in [1.54, 1.807) is 7.11 Å². The molecule has 0 spiro atoms. The summed E-state index contributed by atoms with van der Waals surface area (Å²) in [7, 11) is 3.19. The molecular weight excluding hydrogens is 256 g/mol. The van der Waals surface area contributed by atoms with Gasteiger partial charge in [0.05, 0.1) is 13.7 Å².